The second-order valence-corrected chi connectivity index (χ2v) is 6.94. The van der Waals surface area contributed by atoms with Gasteiger partial charge in [-0.1, -0.05) is 26.0 Å². The van der Waals surface area contributed by atoms with Crippen molar-refractivity contribution >= 4 is 11.9 Å². The van der Waals surface area contributed by atoms with Crippen LogP contribution < -0.4 is 15.4 Å². The van der Waals surface area contributed by atoms with Crippen LogP contribution in [0, 0.1) is 5.92 Å². The number of nitrogens with zero attached hydrogens (tertiary/aromatic N) is 2. The topological polar surface area (TPSA) is 66.0 Å². The summed E-state index contributed by atoms with van der Waals surface area (Å²) in [5.74, 6) is 2.23. The third kappa shape index (κ3) is 9.30. The summed E-state index contributed by atoms with van der Waals surface area (Å²) >= 11 is 0. The summed E-state index contributed by atoms with van der Waals surface area (Å²) in [6.45, 7) is 6.19. The average molecular weight is 363 g/mol. The zero-order valence-corrected chi connectivity index (χ0v) is 16.8. The van der Waals surface area contributed by atoms with Crippen molar-refractivity contribution in [3.05, 3.63) is 29.8 Å². The zero-order chi connectivity index (χ0) is 19.4. The third-order valence-corrected chi connectivity index (χ3v) is 3.99. The standard InChI is InChI=1S/C20H34N4O2/c1-16(2)7-6-13-21-20(23-15-19(25)24(3)4)22-14-12-17-8-10-18(26-5)11-9-17/h8-11,16H,6-7,12-15H2,1-5H3,(H2,21,22,23). The predicted octanol–water partition coefficient (Wildman–Crippen LogP) is 2.30. The van der Waals surface area contributed by atoms with Gasteiger partial charge in [0.05, 0.1) is 7.11 Å². The van der Waals surface area contributed by atoms with Crippen LogP contribution in [0.1, 0.15) is 32.3 Å². The summed E-state index contributed by atoms with van der Waals surface area (Å²) in [5.41, 5.74) is 1.22. The van der Waals surface area contributed by atoms with Crippen molar-refractivity contribution in [1.29, 1.82) is 0 Å². The number of hydrogen-bond acceptors (Lipinski definition) is 3. The molecule has 0 heterocycles. The van der Waals surface area contributed by atoms with E-state index in [1.807, 2.05) is 12.1 Å². The number of rotatable bonds is 10. The van der Waals surface area contributed by atoms with Crippen molar-refractivity contribution in [3.63, 3.8) is 0 Å². The van der Waals surface area contributed by atoms with E-state index in [2.05, 4.69) is 41.6 Å². The number of carbonyl (C=O) groups excluding carboxylic acids is 1. The first kappa shape index (κ1) is 21.8. The Bertz CT molecular complexity index is 553. The van der Waals surface area contributed by atoms with Gasteiger partial charge in [0, 0.05) is 27.2 Å². The highest BCUT2D eigenvalue weighted by Gasteiger charge is 2.05. The first-order chi connectivity index (χ1) is 12.4. The SMILES string of the molecule is COc1ccc(CCNC(=NCC(=O)N(C)C)NCCCC(C)C)cc1. The highest BCUT2D eigenvalue weighted by Crippen LogP contribution is 2.11. The van der Waals surface area contributed by atoms with E-state index in [4.69, 9.17) is 4.74 Å². The number of aliphatic imine (C=N–C) groups is 1. The number of ether oxygens (including phenoxy) is 1. The van der Waals surface area contributed by atoms with Crippen LogP contribution in [0.15, 0.2) is 29.3 Å². The molecule has 26 heavy (non-hydrogen) atoms. The minimum Gasteiger partial charge on any atom is -0.497 e. The quantitative estimate of drug-likeness (QED) is 0.381. The molecular weight excluding hydrogens is 328 g/mol. The lowest BCUT2D eigenvalue weighted by molar-refractivity contribution is -0.127. The fourth-order valence-corrected chi connectivity index (χ4v) is 2.30. The number of likely N-dealkylation sites (N-methyl/N-ethyl adjacent to an activating group) is 1. The number of benzene rings is 1. The number of guanidine groups is 1. The summed E-state index contributed by atoms with van der Waals surface area (Å²) in [5, 5.41) is 6.64. The molecule has 0 bridgehead atoms. The first-order valence-electron chi connectivity index (χ1n) is 9.27. The van der Waals surface area contributed by atoms with Gasteiger partial charge in [-0.25, -0.2) is 4.99 Å². The number of carbonyl (C=O) groups is 1. The van der Waals surface area contributed by atoms with E-state index in [-0.39, 0.29) is 12.5 Å². The number of nitrogens with one attached hydrogen (secondary N) is 2. The van der Waals surface area contributed by atoms with Gasteiger partial charge in [0.1, 0.15) is 12.3 Å². The Morgan fingerprint density at radius 1 is 1.15 bits per heavy atom. The minimum atomic E-state index is -0.0107. The summed E-state index contributed by atoms with van der Waals surface area (Å²) in [4.78, 5) is 17.7. The predicted molar refractivity (Wildman–Crippen MR) is 108 cm³/mol. The highest BCUT2D eigenvalue weighted by atomic mass is 16.5. The van der Waals surface area contributed by atoms with Crippen LogP contribution in [-0.2, 0) is 11.2 Å². The van der Waals surface area contributed by atoms with Crippen LogP contribution in [-0.4, -0.2) is 57.6 Å². The Morgan fingerprint density at radius 3 is 2.38 bits per heavy atom. The van der Waals surface area contributed by atoms with E-state index in [0.29, 0.717) is 11.9 Å². The molecule has 0 spiro atoms. The molecule has 0 aromatic heterocycles. The lowest BCUT2D eigenvalue weighted by atomic mass is 10.1. The maximum Gasteiger partial charge on any atom is 0.243 e. The van der Waals surface area contributed by atoms with E-state index in [1.54, 1.807) is 26.1 Å². The number of hydrogen-bond donors (Lipinski definition) is 2. The van der Waals surface area contributed by atoms with Gasteiger partial charge in [0.15, 0.2) is 5.96 Å². The molecule has 1 aromatic rings. The lowest BCUT2D eigenvalue weighted by Gasteiger charge is -2.14. The van der Waals surface area contributed by atoms with Gasteiger partial charge < -0.3 is 20.3 Å². The molecule has 0 aliphatic rings. The van der Waals surface area contributed by atoms with Gasteiger partial charge in [-0.3, -0.25) is 4.79 Å². The minimum absolute atomic E-state index is 0.0107. The largest absolute Gasteiger partial charge is 0.497 e. The van der Waals surface area contributed by atoms with Crippen LogP contribution in [0.4, 0.5) is 0 Å². The van der Waals surface area contributed by atoms with Gasteiger partial charge in [0.2, 0.25) is 5.91 Å². The maximum atomic E-state index is 11.8. The molecule has 0 fully saturated rings. The zero-order valence-electron chi connectivity index (χ0n) is 16.8. The second kappa shape index (κ2) is 12.2. The molecule has 6 heteroatoms. The smallest absolute Gasteiger partial charge is 0.243 e. The van der Waals surface area contributed by atoms with Crippen molar-refractivity contribution < 1.29 is 9.53 Å². The first-order valence-corrected chi connectivity index (χ1v) is 9.27. The molecule has 0 aliphatic heterocycles. The Morgan fingerprint density at radius 2 is 1.81 bits per heavy atom. The Balaban J connectivity index is 2.50. The molecule has 2 N–H and O–H groups in total. The molecule has 0 radical (unpaired) electrons. The fourth-order valence-electron chi connectivity index (χ4n) is 2.30. The molecule has 1 amide bonds. The van der Waals surface area contributed by atoms with E-state index in [1.165, 1.54) is 12.0 Å². The van der Waals surface area contributed by atoms with Crippen LogP contribution in [0.3, 0.4) is 0 Å². The molecule has 0 aliphatic carbocycles. The maximum absolute atomic E-state index is 11.8. The fraction of sp³-hybridized carbons (Fsp3) is 0.600. The van der Waals surface area contributed by atoms with Gasteiger partial charge in [0.25, 0.3) is 0 Å². The molecule has 0 saturated carbocycles. The van der Waals surface area contributed by atoms with Crippen LogP contribution in [0.5, 0.6) is 5.75 Å². The summed E-state index contributed by atoms with van der Waals surface area (Å²) in [6.07, 6.45) is 3.12. The Kier molecular flexibility index (Phi) is 10.2. The van der Waals surface area contributed by atoms with Crippen LogP contribution >= 0.6 is 0 Å². The van der Waals surface area contributed by atoms with E-state index in [0.717, 1.165) is 31.7 Å². The summed E-state index contributed by atoms with van der Waals surface area (Å²) in [7, 11) is 5.15. The normalized spacial score (nSPS) is 11.4. The Hall–Kier alpha value is -2.24. The van der Waals surface area contributed by atoms with Gasteiger partial charge in [-0.15, -0.1) is 0 Å². The van der Waals surface area contributed by atoms with Crippen molar-refractivity contribution in [2.75, 3.05) is 40.8 Å². The van der Waals surface area contributed by atoms with Crippen molar-refractivity contribution in [3.8, 4) is 5.75 Å². The summed E-state index contributed by atoms with van der Waals surface area (Å²) in [6, 6.07) is 8.04. The van der Waals surface area contributed by atoms with Crippen LogP contribution in [0.25, 0.3) is 0 Å². The van der Waals surface area contributed by atoms with Gasteiger partial charge >= 0.3 is 0 Å². The molecule has 0 saturated heterocycles. The third-order valence-electron chi connectivity index (χ3n) is 3.99. The highest BCUT2D eigenvalue weighted by molar-refractivity contribution is 5.84. The molecule has 6 nitrogen and oxygen atoms in total. The van der Waals surface area contributed by atoms with Crippen molar-refractivity contribution in [1.82, 2.24) is 15.5 Å². The number of amides is 1. The lowest BCUT2D eigenvalue weighted by Crippen LogP contribution is -2.40. The second-order valence-electron chi connectivity index (χ2n) is 6.94. The van der Waals surface area contributed by atoms with Crippen molar-refractivity contribution in [2.45, 2.75) is 33.1 Å². The monoisotopic (exact) mass is 362 g/mol. The molecule has 0 unspecified atom stereocenters. The van der Waals surface area contributed by atoms with E-state index >= 15 is 0 Å². The molecular formula is C20H34N4O2. The molecule has 0 atom stereocenters. The number of methoxy groups -OCH3 is 1. The average Bonchev–Trinajstić information content (AvgIpc) is 2.62. The van der Waals surface area contributed by atoms with Crippen LogP contribution in [0.2, 0.25) is 0 Å². The molecule has 1 aromatic carbocycles. The van der Waals surface area contributed by atoms with E-state index < -0.39 is 0 Å². The molecule has 146 valence electrons. The summed E-state index contributed by atoms with van der Waals surface area (Å²) < 4.78 is 5.18. The van der Waals surface area contributed by atoms with Crippen molar-refractivity contribution in [2.24, 2.45) is 10.9 Å². The van der Waals surface area contributed by atoms with Gasteiger partial charge in [-0.2, -0.15) is 0 Å². The van der Waals surface area contributed by atoms with Gasteiger partial charge in [-0.05, 0) is 42.9 Å². The van der Waals surface area contributed by atoms with E-state index in [9.17, 15) is 4.79 Å². The molecule has 1 rings (SSSR count). The Labute approximate surface area is 158 Å².